The summed E-state index contributed by atoms with van der Waals surface area (Å²) in [5, 5.41) is 0. The Kier molecular flexibility index (Phi) is 3.16. The van der Waals surface area contributed by atoms with Gasteiger partial charge < -0.3 is 0 Å². The van der Waals surface area contributed by atoms with E-state index < -0.39 is 15.8 Å². The number of rotatable bonds is 2. The topological polar surface area (TPSA) is 46.2 Å². The van der Waals surface area contributed by atoms with Gasteiger partial charge in [0.25, 0.3) is 0 Å². The molecule has 0 saturated carbocycles. The van der Waals surface area contributed by atoms with Crippen molar-refractivity contribution >= 4 is 31.6 Å². The highest BCUT2D eigenvalue weighted by Gasteiger charge is 2.10. The number of hydrogen-bond donors (Lipinski definition) is 1. The molecule has 0 saturated heterocycles. The second-order valence-electron chi connectivity index (χ2n) is 2.95. The van der Waals surface area contributed by atoms with Crippen LogP contribution in [-0.4, -0.2) is 14.7 Å². The van der Waals surface area contributed by atoms with Gasteiger partial charge in [0.15, 0.2) is 0 Å². The number of halogens is 2. The first kappa shape index (κ1) is 11.5. The largest absolute Gasteiger partial charge is 0.282 e. The fourth-order valence-electron chi connectivity index (χ4n) is 1.02. The smallest absolute Gasteiger partial charge is 0.229 e. The molecular formula is C8H9BrFNO2S. The molecule has 14 heavy (non-hydrogen) atoms. The summed E-state index contributed by atoms with van der Waals surface area (Å²) in [4.78, 5) is 0. The lowest BCUT2D eigenvalue weighted by molar-refractivity contribution is 0.606. The lowest BCUT2D eigenvalue weighted by Crippen LogP contribution is -2.11. The SMILES string of the molecule is Cc1cc(F)cc(Br)c1NS(C)(=O)=O. The van der Waals surface area contributed by atoms with Gasteiger partial charge in [0.05, 0.1) is 11.9 Å². The zero-order valence-electron chi connectivity index (χ0n) is 7.64. The van der Waals surface area contributed by atoms with Gasteiger partial charge in [-0.1, -0.05) is 0 Å². The normalized spacial score (nSPS) is 11.4. The molecule has 78 valence electrons. The zero-order valence-corrected chi connectivity index (χ0v) is 10.0. The summed E-state index contributed by atoms with van der Waals surface area (Å²) in [6, 6.07) is 2.47. The molecule has 0 spiro atoms. The Bertz CT molecular complexity index is 435. The van der Waals surface area contributed by atoms with Crippen LogP contribution in [0.5, 0.6) is 0 Å². The molecule has 0 radical (unpaired) electrons. The predicted octanol–water partition coefficient (Wildman–Crippen LogP) is 2.27. The monoisotopic (exact) mass is 281 g/mol. The first-order valence-electron chi connectivity index (χ1n) is 3.73. The number of sulfonamides is 1. The number of benzene rings is 1. The van der Waals surface area contributed by atoms with Gasteiger partial charge in [-0.2, -0.15) is 0 Å². The summed E-state index contributed by atoms with van der Waals surface area (Å²) in [6.07, 6.45) is 1.04. The highest BCUT2D eigenvalue weighted by Crippen LogP contribution is 2.27. The Hall–Kier alpha value is -0.620. The van der Waals surface area contributed by atoms with E-state index in [1.165, 1.54) is 12.1 Å². The maximum absolute atomic E-state index is 12.8. The summed E-state index contributed by atoms with van der Waals surface area (Å²) in [5.41, 5.74) is 0.899. The van der Waals surface area contributed by atoms with Gasteiger partial charge in [-0.05, 0) is 40.5 Å². The average Bonchev–Trinajstić information content (AvgIpc) is 1.95. The molecule has 0 aliphatic rings. The molecule has 0 aromatic heterocycles. The number of hydrogen-bond acceptors (Lipinski definition) is 2. The van der Waals surface area contributed by atoms with E-state index in [1.807, 2.05) is 0 Å². The molecule has 6 heteroatoms. The van der Waals surface area contributed by atoms with Crippen LogP contribution in [0.1, 0.15) is 5.56 Å². The Labute approximate surface area is 90.5 Å². The zero-order chi connectivity index (χ0) is 10.9. The van der Waals surface area contributed by atoms with E-state index in [0.717, 1.165) is 6.26 Å². The highest BCUT2D eigenvalue weighted by molar-refractivity contribution is 9.10. The first-order chi connectivity index (χ1) is 6.29. The second-order valence-corrected chi connectivity index (χ2v) is 5.56. The molecule has 1 aromatic rings. The molecule has 0 atom stereocenters. The van der Waals surface area contributed by atoms with Crippen LogP contribution in [0.25, 0.3) is 0 Å². The highest BCUT2D eigenvalue weighted by atomic mass is 79.9. The van der Waals surface area contributed by atoms with Crippen molar-refractivity contribution < 1.29 is 12.8 Å². The summed E-state index contributed by atoms with van der Waals surface area (Å²) in [7, 11) is -3.34. The molecule has 1 rings (SSSR count). The Morgan fingerprint density at radius 1 is 1.43 bits per heavy atom. The van der Waals surface area contributed by atoms with Gasteiger partial charge in [-0.3, -0.25) is 4.72 Å². The van der Waals surface area contributed by atoms with Gasteiger partial charge in [0, 0.05) is 4.47 Å². The van der Waals surface area contributed by atoms with Crippen molar-refractivity contribution in [3.63, 3.8) is 0 Å². The summed E-state index contributed by atoms with van der Waals surface area (Å²) < 4.78 is 37.5. The second kappa shape index (κ2) is 3.86. The molecule has 1 aromatic carbocycles. The fourth-order valence-corrected chi connectivity index (χ4v) is 2.42. The van der Waals surface area contributed by atoms with Crippen LogP contribution in [0.3, 0.4) is 0 Å². The summed E-state index contributed by atoms with van der Waals surface area (Å²) >= 11 is 3.08. The third-order valence-electron chi connectivity index (χ3n) is 1.54. The Morgan fingerprint density at radius 2 is 2.00 bits per heavy atom. The molecule has 0 heterocycles. The fraction of sp³-hybridized carbons (Fsp3) is 0.250. The Balaban J connectivity index is 3.22. The van der Waals surface area contributed by atoms with E-state index >= 15 is 0 Å². The van der Waals surface area contributed by atoms with Crippen molar-refractivity contribution in [1.82, 2.24) is 0 Å². The van der Waals surface area contributed by atoms with E-state index in [1.54, 1.807) is 6.92 Å². The van der Waals surface area contributed by atoms with E-state index in [-0.39, 0.29) is 0 Å². The van der Waals surface area contributed by atoms with Crippen molar-refractivity contribution in [3.8, 4) is 0 Å². The van der Waals surface area contributed by atoms with Gasteiger partial charge in [-0.15, -0.1) is 0 Å². The number of anilines is 1. The Morgan fingerprint density at radius 3 is 2.43 bits per heavy atom. The van der Waals surface area contributed by atoms with Gasteiger partial charge in [0.2, 0.25) is 10.0 Å². The average molecular weight is 282 g/mol. The van der Waals surface area contributed by atoms with E-state index in [0.29, 0.717) is 15.7 Å². The summed E-state index contributed by atoms with van der Waals surface area (Å²) in [6.45, 7) is 1.63. The van der Waals surface area contributed by atoms with Crippen molar-refractivity contribution in [1.29, 1.82) is 0 Å². The minimum atomic E-state index is -3.34. The number of nitrogens with one attached hydrogen (secondary N) is 1. The van der Waals surface area contributed by atoms with Crippen LogP contribution < -0.4 is 4.72 Å². The first-order valence-corrected chi connectivity index (χ1v) is 6.41. The minimum Gasteiger partial charge on any atom is -0.282 e. The summed E-state index contributed by atoms with van der Waals surface area (Å²) in [5.74, 6) is -0.409. The predicted molar refractivity (Wildman–Crippen MR) is 57.3 cm³/mol. The third-order valence-corrected chi connectivity index (χ3v) is 2.74. The lowest BCUT2D eigenvalue weighted by atomic mass is 10.2. The molecule has 0 amide bonds. The number of aryl methyl sites for hydroxylation is 1. The molecule has 0 aliphatic carbocycles. The standard InChI is InChI=1S/C8H9BrFNO2S/c1-5-3-6(10)4-7(9)8(5)11-14(2,12)13/h3-4,11H,1-2H3. The van der Waals surface area contributed by atoms with Crippen molar-refractivity contribution in [2.75, 3.05) is 11.0 Å². The maximum Gasteiger partial charge on any atom is 0.229 e. The van der Waals surface area contributed by atoms with Gasteiger partial charge >= 0.3 is 0 Å². The van der Waals surface area contributed by atoms with E-state index in [2.05, 4.69) is 20.7 Å². The van der Waals surface area contributed by atoms with E-state index in [9.17, 15) is 12.8 Å². The minimum absolute atomic E-state index is 0.369. The molecular weight excluding hydrogens is 273 g/mol. The maximum atomic E-state index is 12.8. The molecule has 0 bridgehead atoms. The van der Waals surface area contributed by atoms with Crippen LogP contribution >= 0.6 is 15.9 Å². The third kappa shape index (κ3) is 2.95. The lowest BCUT2D eigenvalue weighted by Gasteiger charge is -2.09. The quantitative estimate of drug-likeness (QED) is 0.904. The van der Waals surface area contributed by atoms with Crippen LogP contribution in [-0.2, 0) is 10.0 Å². The molecule has 0 fully saturated rings. The van der Waals surface area contributed by atoms with Gasteiger partial charge in [-0.25, -0.2) is 12.8 Å². The van der Waals surface area contributed by atoms with E-state index in [4.69, 9.17) is 0 Å². The molecule has 1 N–H and O–H groups in total. The van der Waals surface area contributed by atoms with Crippen LogP contribution in [0.15, 0.2) is 16.6 Å². The van der Waals surface area contributed by atoms with Gasteiger partial charge in [0.1, 0.15) is 5.82 Å². The van der Waals surface area contributed by atoms with Crippen molar-refractivity contribution in [2.45, 2.75) is 6.92 Å². The van der Waals surface area contributed by atoms with Crippen molar-refractivity contribution in [3.05, 3.63) is 28.0 Å². The van der Waals surface area contributed by atoms with Crippen LogP contribution in [0.4, 0.5) is 10.1 Å². The van der Waals surface area contributed by atoms with Crippen LogP contribution in [0, 0.1) is 12.7 Å². The molecule has 0 unspecified atom stereocenters. The van der Waals surface area contributed by atoms with Crippen molar-refractivity contribution in [2.24, 2.45) is 0 Å². The molecule has 3 nitrogen and oxygen atoms in total. The van der Waals surface area contributed by atoms with Crippen LogP contribution in [0.2, 0.25) is 0 Å². The molecule has 0 aliphatic heterocycles.